The number of thiazole rings is 1. The smallest absolute Gasteiger partial charge is 0.140 e. The molecule has 20 heavy (non-hydrogen) atoms. The minimum atomic E-state index is 0.538. The summed E-state index contributed by atoms with van der Waals surface area (Å²) in [5.74, 6) is 1.63. The van der Waals surface area contributed by atoms with E-state index in [0.29, 0.717) is 19.1 Å². The molecule has 0 radical (unpaired) electrons. The maximum atomic E-state index is 5.97. The average molecular weight is 288 g/mol. The van der Waals surface area contributed by atoms with Crippen molar-refractivity contribution in [2.75, 3.05) is 0 Å². The molecule has 3 rings (SSSR count). The molecule has 3 nitrogen and oxygen atoms in total. The first-order chi connectivity index (χ1) is 9.69. The molecule has 1 aliphatic carbocycles. The van der Waals surface area contributed by atoms with Crippen LogP contribution >= 0.6 is 11.3 Å². The van der Waals surface area contributed by atoms with Gasteiger partial charge in [0.05, 0.1) is 5.69 Å². The van der Waals surface area contributed by atoms with Gasteiger partial charge in [-0.05, 0) is 37.8 Å². The van der Waals surface area contributed by atoms with Crippen molar-refractivity contribution < 1.29 is 4.74 Å². The molecule has 1 saturated carbocycles. The van der Waals surface area contributed by atoms with Crippen LogP contribution in [0.5, 0.6) is 5.75 Å². The lowest BCUT2D eigenvalue weighted by atomic mass is 10.1. The van der Waals surface area contributed by atoms with Crippen LogP contribution in [0.15, 0.2) is 18.2 Å². The predicted octanol–water partition coefficient (Wildman–Crippen LogP) is 3.68. The summed E-state index contributed by atoms with van der Waals surface area (Å²) in [6.45, 7) is 5.28. The largest absolute Gasteiger partial charge is 0.486 e. The number of ether oxygens (including phenoxy) is 1. The second-order valence-electron chi connectivity index (χ2n) is 5.40. The van der Waals surface area contributed by atoms with Crippen LogP contribution in [0.25, 0.3) is 0 Å². The standard InChI is InChI=1S/C16H20N2OS/c1-10-4-3-5-11(2)16(10)19-9-14-18-15(12-6-7-12)13(8-17)20-14/h3-5,12H,6-9,17H2,1-2H3. The Morgan fingerprint density at radius 3 is 2.60 bits per heavy atom. The number of hydrogen-bond donors (Lipinski definition) is 1. The fourth-order valence-electron chi connectivity index (χ4n) is 2.46. The molecule has 0 atom stereocenters. The number of nitrogens with zero attached hydrogens (tertiary/aromatic N) is 1. The first-order valence-corrected chi connectivity index (χ1v) is 7.88. The fourth-order valence-corrected chi connectivity index (χ4v) is 3.40. The lowest BCUT2D eigenvalue weighted by Gasteiger charge is -2.10. The van der Waals surface area contributed by atoms with Crippen molar-refractivity contribution in [2.24, 2.45) is 5.73 Å². The van der Waals surface area contributed by atoms with Crippen LogP contribution in [0.3, 0.4) is 0 Å². The third-order valence-electron chi connectivity index (χ3n) is 3.67. The lowest BCUT2D eigenvalue weighted by molar-refractivity contribution is 0.301. The Kier molecular flexibility index (Phi) is 3.76. The summed E-state index contributed by atoms with van der Waals surface area (Å²) in [6, 6.07) is 6.20. The predicted molar refractivity (Wildman–Crippen MR) is 82.2 cm³/mol. The second kappa shape index (κ2) is 5.54. The van der Waals surface area contributed by atoms with Crippen molar-refractivity contribution in [1.82, 2.24) is 4.98 Å². The number of rotatable bonds is 5. The average Bonchev–Trinajstić information content (AvgIpc) is 3.19. The van der Waals surface area contributed by atoms with E-state index >= 15 is 0 Å². The van der Waals surface area contributed by atoms with Crippen LogP contribution in [-0.2, 0) is 13.2 Å². The van der Waals surface area contributed by atoms with Crippen molar-refractivity contribution in [1.29, 1.82) is 0 Å². The first kappa shape index (κ1) is 13.6. The molecule has 1 fully saturated rings. The van der Waals surface area contributed by atoms with Gasteiger partial charge in [-0.15, -0.1) is 11.3 Å². The molecule has 106 valence electrons. The Hall–Kier alpha value is -1.39. The van der Waals surface area contributed by atoms with Gasteiger partial charge in [0.1, 0.15) is 17.4 Å². The van der Waals surface area contributed by atoms with Gasteiger partial charge >= 0.3 is 0 Å². The molecule has 2 aromatic rings. The van der Waals surface area contributed by atoms with Gasteiger partial charge in [-0.25, -0.2) is 4.98 Å². The number of aryl methyl sites for hydroxylation is 2. The molecule has 0 aliphatic heterocycles. The fraction of sp³-hybridized carbons (Fsp3) is 0.438. The number of benzene rings is 1. The van der Waals surface area contributed by atoms with E-state index < -0.39 is 0 Å². The third-order valence-corrected chi connectivity index (χ3v) is 4.74. The Morgan fingerprint density at radius 2 is 2.00 bits per heavy atom. The quantitative estimate of drug-likeness (QED) is 0.913. The summed E-state index contributed by atoms with van der Waals surface area (Å²) < 4.78 is 5.97. The van der Waals surface area contributed by atoms with E-state index in [1.54, 1.807) is 11.3 Å². The van der Waals surface area contributed by atoms with Crippen molar-refractivity contribution in [2.45, 2.75) is 45.8 Å². The van der Waals surface area contributed by atoms with Gasteiger partial charge in [0, 0.05) is 17.3 Å². The Labute approximate surface area is 123 Å². The zero-order valence-electron chi connectivity index (χ0n) is 12.0. The molecule has 0 unspecified atom stereocenters. The highest BCUT2D eigenvalue weighted by molar-refractivity contribution is 7.11. The molecule has 1 aliphatic rings. The van der Waals surface area contributed by atoms with Gasteiger partial charge in [-0.3, -0.25) is 0 Å². The third kappa shape index (κ3) is 2.72. The highest BCUT2D eigenvalue weighted by atomic mass is 32.1. The molecular weight excluding hydrogens is 268 g/mol. The van der Waals surface area contributed by atoms with Gasteiger partial charge in [-0.1, -0.05) is 18.2 Å². The maximum absolute atomic E-state index is 5.97. The van der Waals surface area contributed by atoms with Crippen molar-refractivity contribution in [3.8, 4) is 5.75 Å². The topological polar surface area (TPSA) is 48.1 Å². The Balaban J connectivity index is 1.75. The summed E-state index contributed by atoms with van der Waals surface area (Å²) in [5, 5.41) is 1.04. The van der Waals surface area contributed by atoms with Crippen LogP contribution in [0.1, 0.15) is 45.5 Å². The Morgan fingerprint density at radius 1 is 1.30 bits per heavy atom. The van der Waals surface area contributed by atoms with Gasteiger partial charge in [0.25, 0.3) is 0 Å². The van der Waals surface area contributed by atoms with E-state index in [1.165, 1.54) is 34.5 Å². The molecule has 1 aromatic heterocycles. The van der Waals surface area contributed by atoms with Crippen LogP contribution in [0.2, 0.25) is 0 Å². The van der Waals surface area contributed by atoms with Crippen molar-refractivity contribution in [3.63, 3.8) is 0 Å². The zero-order valence-corrected chi connectivity index (χ0v) is 12.8. The molecule has 0 saturated heterocycles. The zero-order chi connectivity index (χ0) is 14.1. The van der Waals surface area contributed by atoms with Crippen LogP contribution in [-0.4, -0.2) is 4.98 Å². The maximum Gasteiger partial charge on any atom is 0.140 e. The molecule has 1 aromatic carbocycles. The molecule has 0 amide bonds. The molecule has 4 heteroatoms. The van der Waals surface area contributed by atoms with E-state index in [1.807, 2.05) is 0 Å². The monoisotopic (exact) mass is 288 g/mol. The van der Waals surface area contributed by atoms with Gasteiger partial charge in [0.15, 0.2) is 0 Å². The van der Waals surface area contributed by atoms with E-state index in [9.17, 15) is 0 Å². The van der Waals surface area contributed by atoms with E-state index in [4.69, 9.17) is 15.5 Å². The second-order valence-corrected chi connectivity index (χ2v) is 6.57. The molecule has 0 spiro atoms. The van der Waals surface area contributed by atoms with Gasteiger partial charge in [-0.2, -0.15) is 0 Å². The minimum Gasteiger partial charge on any atom is -0.486 e. The molecule has 0 bridgehead atoms. The van der Waals surface area contributed by atoms with Crippen LogP contribution < -0.4 is 10.5 Å². The number of hydrogen-bond acceptors (Lipinski definition) is 4. The van der Waals surface area contributed by atoms with Gasteiger partial charge < -0.3 is 10.5 Å². The first-order valence-electron chi connectivity index (χ1n) is 7.06. The highest BCUT2D eigenvalue weighted by Gasteiger charge is 2.29. The van der Waals surface area contributed by atoms with E-state index in [0.717, 1.165) is 10.8 Å². The Bertz CT molecular complexity index is 597. The minimum absolute atomic E-state index is 0.538. The molecular formula is C16H20N2OS. The summed E-state index contributed by atoms with van der Waals surface area (Å²) in [4.78, 5) is 5.96. The van der Waals surface area contributed by atoms with Crippen LogP contribution in [0.4, 0.5) is 0 Å². The van der Waals surface area contributed by atoms with Crippen molar-refractivity contribution in [3.05, 3.63) is 44.9 Å². The number of aromatic nitrogens is 1. The summed E-state index contributed by atoms with van der Waals surface area (Å²) >= 11 is 1.70. The van der Waals surface area contributed by atoms with Crippen molar-refractivity contribution >= 4 is 11.3 Å². The summed E-state index contributed by atoms with van der Waals surface area (Å²) in [6.07, 6.45) is 2.52. The number of nitrogens with two attached hydrogens (primary N) is 1. The SMILES string of the molecule is Cc1cccc(C)c1OCc1nc(C2CC2)c(CN)s1. The molecule has 1 heterocycles. The number of para-hydroxylation sites is 1. The van der Waals surface area contributed by atoms with Crippen LogP contribution in [0, 0.1) is 13.8 Å². The van der Waals surface area contributed by atoms with E-state index in [2.05, 4.69) is 32.0 Å². The normalized spacial score (nSPS) is 14.6. The highest BCUT2D eigenvalue weighted by Crippen LogP contribution is 2.42. The summed E-state index contributed by atoms with van der Waals surface area (Å²) in [7, 11) is 0. The van der Waals surface area contributed by atoms with E-state index in [-0.39, 0.29) is 0 Å². The summed E-state index contributed by atoms with van der Waals surface area (Å²) in [5.41, 5.74) is 9.37. The van der Waals surface area contributed by atoms with Gasteiger partial charge in [0.2, 0.25) is 0 Å². The molecule has 2 N–H and O–H groups in total. The lowest BCUT2D eigenvalue weighted by Crippen LogP contribution is -1.99.